The van der Waals surface area contributed by atoms with Gasteiger partial charge in [-0.3, -0.25) is 0 Å². The second-order valence-corrected chi connectivity index (χ2v) is 5.11. The molecule has 20 heavy (non-hydrogen) atoms. The number of hydrogen-bond acceptors (Lipinski definition) is 3. The summed E-state index contributed by atoms with van der Waals surface area (Å²) < 4.78 is 11.2. The predicted octanol–water partition coefficient (Wildman–Crippen LogP) is 3.22. The molecule has 0 radical (unpaired) electrons. The lowest BCUT2D eigenvalue weighted by Gasteiger charge is -2.12. The highest BCUT2D eigenvalue weighted by molar-refractivity contribution is 5.45. The van der Waals surface area contributed by atoms with Gasteiger partial charge in [0.2, 0.25) is 0 Å². The molecule has 3 rings (SSSR count). The first kappa shape index (κ1) is 13.0. The van der Waals surface area contributed by atoms with Gasteiger partial charge in [-0.1, -0.05) is 24.3 Å². The van der Waals surface area contributed by atoms with E-state index in [1.165, 1.54) is 11.1 Å². The van der Waals surface area contributed by atoms with Crippen LogP contribution in [-0.4, -0.2) is 7.11 Å². The predicted molar refractivity (Wildman–Crippen MR) is 79.0 cm³/mol. The zero-order chi connectivity index (χ0) is 13.9. The third-order valence-electron chi connectivity index (χ3n) is 3.80. The molecule has 0 amide bonds. The van der Waals surface area contributed by atoms with Crippen LogP contribution >= 0.6 is 0 Å². The van der Waals surface area contributed by atoms with Gasteiger partial charge >= 0.3 is 0 Å². The Bertz CT molecular complexity index is 610. The molecule has 1 atom stereocenters. The second kappa shape index (κ2) is 5.55. The largest absolute Gasteiger partial charge is 0.497 e. The van der Waals surface area contributed by atoms with Crippen molar-refractivity contribution in [2.75, 3.05) is 7.11 Å². The quantitative estimate of drug-likeness (QED) is 0.927. The van der Waals surface area contributed by atoms with Crippen LogP contribution in [0.5, 0.6) is 11.5 Å². The van der Waals surface area contributed by atoms with E-state index in [0.29, 0.717) is 6.61 Å². The van der Waals surface area contributed by atoms with Crippen LogP contribution in [0.15, 0.2) is 42.5 Å². The highest BCUT2D eigenvalue weighted by Gasteiger charge is 2.21. The Labute approximate surface area is 119 Å². The van der Waals surface area contributed by atoms with Gasteiger partial charge in [0.1, 0.15) is 18.1 Å². The maximum atomic E-state index is 6.09. The molecule has 1 aliphatic carbocycles. The Hall–Kier alpha value is -2.00. The van der Waals surface area contributed by atoms with E-state index in [2.05, 4.69) is 6.07 Å². The van der Waals surface area contributed by atoms with Gasteiger partial charge in [-0.15, -0.1) is 0 Å². The fraction of sp³-hybridized carbons (Fsp3) is 0.294. The Morgan fingerprint density at radius 2 is 2.05 bits per heavy atom. The molecule has 2 N–H and O–H groups in total. The molecule has 0 saturated carbocycles. The number of ether oxygens (including phenoxy) is 2. The summed E-state index contributed by atoms with van der Waals surface area (Å²) in [5.41, 5.74) is 9.69. The lowest BCUT2D eigenvalue weighted by atomic mass is 10.1. The number of fused-ring (bicyclic) bond motifs is 1. The van der Waals surface area contributed by atoms with Crippen molar-refractivity contribution in [3.05, 3.63) is 59.2 Å². The first-order valence-electron chi connectivity index (χ1n) is 6.91. The van der Waals surface area contributed by atoms with Gasteiger partial charge in [0.25, 0.3) is 0 Å². The summed E-state index contributed by atoms with van der Waals surface area (Å²) in [5.74, 6) is 1.81. The molecule has 0 heterocycles. The lowest BCUT2D eigenvalue weighted by Crippen LogP contribution is -2.05. The normalized spacial score (nSPS) is 16.8. The molecule has 104 valence electrons. The van der Waals surface area contributed by atoms with Crippen LogP contribution in [0, 0.1) is 0 Å². The molecule has 0 spiro atoms. The van der Waals surface area contributed by atoms with E-state index < -0.39 is 0 Å². The van der Waals surface area contributed by atoms with Crippen LogP contribution in [-0.2, 0) is 13.0 Å². The van der Waals surface area contributed by atoms with Gasteiger partial charge in [-0.2, -0.15) is 0 Å². The van der Waals surface area contributed by atoms with E-state index in [4.69, 9.17) is 15.2 Å². The van der Waals surface area contributed by atoms with Crippen LogP contribution in [0.1, 0.15) is 29.2 Å². The van der Waals surface area contributed by atoms with Crippen LogP contribution in [0.25, 0.3) is 0 Å². The maximum Gasteiger partial charge on any atom is 0.123 e. The number of hydrogen-bond donors (Lipinski definition) is 1. The first-order valence-corrected chi connectivity index (χ1v) is 6.91. The molecule has 1 aliphatic rings. The first-order chi connectivity index (χ1) is 9.78. The van der Waals surface area contributed by atoms with Crippen LogP contribution in [0.4, 0.5) is 0 Å². The smallest absolute Gasteiger partial charge is 0.123 e. The number of rotatable bonds is 4. The Kier molecular flexibility index (Phi) is 3.61. The van der Waals surface area contributed by atoms with E-state index >= 15 is 0 Å². The third-order valence-corrected chi connectivity index (χ3v) is 3.80. The minimum absolute atomic E-state index is 0.158. The molecule has 2 aromatic rings. The molecular formula is C17H19NO2. The van der Waals surface area contributed by atoms with Gasteiger partial charge < -0.3 is 15.2 Å². The van der Waals surface area contributed by atoms with Gasteiger partial charge in [0.05, 0.1) is 7.11 Å². The van der Waals surface area contributed by atoms with Crippen LogP contribution < -0.4 is 15.2 Å². The molecular weight excluding hydrogens is 250 g/mol. The van der Waals surface area contributed by atoms with Gasteiger partial charge in [-0.05, 0) is 47.7 Å². The lowest BCUT2D eigenvalue weighted by molar-refractivity contribution is 0.302. The maximum absolute atomic E-state index is 6.09. The van der Waals surface area contributed by atoms with Crippen molar-refractivity contribution in [3.8, 4) is 11.5 Å². The molecule has 1 unspecified atom stereocenters. The summed E-state index contributed by atoms with van der Waals surface area (Å²) >= 11 is 0. The molecule has 0 saturated heterocycles. The summed E-state index contributed by atoms with van der Waals surface area (Å²) in [6, 6.07) is 14.2. The average Bonchev–Trinajstić information content (AvgIpc) is 2.88. The molecule has 3 nitrogen and oxygen atoms in total. The van der Waals surface area contributed by atoms with E-state index in [9.17, 15) is 0 Å². The van der Waals surface area contributed by atoms with Crippen LogP contribution in [0.3, 0.4) is 0 Å². The fourth-order valence-corrected chi connectivity index (χ4v) is 2.71. The van der Waals surface area contributed by atoms with Crippen molar-refractivity contribution >= 4 is 0 Å². The standard InChI is InChI=1S/C17H19NO2/c1-19-13-5-2-4-12(10-13)11-20-17-7-3-6-14-15(17)8-9-16(14)18/h2-7,10,16H,8-9,11,18H2,1H3. The highest BCUT2D eigenvalue weighted by atomic mass is 16.5. The third kappa shape index (κ3) is 2.49. The van der Waals surface area contributed by atoms with Crippen molar-refractivity contribution in [3.63, 3.8) is 0 Å². The van der Waals surface area contributed by atoms with Crippen molar-refractivity contribution < 1.29 is 9.47 Å². The van der Waals surface area contributed by atoms with Crippen molar-refractivity contribution in [2.45, 2.75) is 25.5 Å². The number of nitrogens with two attached hydrogens (primary N) is 1. The zero-order valence-electron chi connectivity index (χ0n) is 11.6. The molecule has 0 aliphatic heterocycles. The second-order valence-electron chi connectivity index (χ2n) is 5.11. The summed E-state index contributed by atoms with van der Waals surface area (Å²) in [5, 5.41) is 0. The van der Waals surface area contributed by atoms with E-state index in [1.807, 2.05) is 36.4 Å². The average molecular weight is 269 g/mol. The minimum Gasteiger partial charge on any atom is -0.497 e. The zero-order valence-corrected chi connectivity index (χ0v) is 11.6. The summed E-state index contributed by atoms with van der Waals surface area (Å²) in [6.45, 7) is 0.545. The van der Waals surface area contributed by atoms with Crippen LogP contribution in [0.2, 0.25) is 0 Å². The van der Waals surface area contributed by atoms with E-state index in [1.54, 1.807) is 7.11 Å². The molecule has 0 bridgehead atoms. The molecule has 3 heteroatoms. The van der Waals surface area contributed by atoms with Crippen molar-refractivity contribution in [2.24, 2.45) is 5.73 Å². The van der Waals surface area contributed by atoms with Gasteiger partial charge in [0.15, 0.2) is 0 Å². The van der Waals surface area contributed by atoms with E-state index in [-0.39, 0.29) is 6.04 Å². The molecule has 0 aromatic heterocycles. The Morgan fingerprint density at radius 1 is 1.20 bits per heavy atom. The Morgan fingerprint density at radius 3 is 2.90 bits per heavy atom. The van der Waals surface area contributed by atoms with Gasteiger partial charge in [0, 0.05) is 6.04 Å². The number of methoxy groups -OCH3 is 1. The van der Waals surface area contributed by atoms with Crippen molar-refractivity contribution in [1.29, 1.82) is 0 Å². The minimum atomic E-state index is 0.158. The number of benzene rings is 2. The van der Waals surface area contributed by atoms with Crippen molar-refractivity contribution in [1.82, 2.24) is 0 Å². The summed E-state index contributed by atoms with van der Waals surface area (Å²) in [6.07, 6.45) is 2.01. The van der Waals surface area contributed by atoms with Gasteiger partial charge in [-0.25, -0.2) is 0 Å². The molecule has 2 aromatic carbocycles. The van der Waals surface area contributed by atoms with E-state index in [0.717, 1.165) is 29.9 Å². The topological polar surface area (TPSA) is 44.5 Å². The highest BCUT2D eigenvalue weighted by Crippen LogP contribution is 2.35. The fourth-order valence-electron chi connectivity index (χ4n) is 2.71. The summed E-state index contributed by atoms with van der Waals surface area (Å²) in [7, 11) is 1.67. The molecule has 0 fully saturated rings. The monoisotopic (exact) mass is 269 g/mol. The Balaban J connectivity index is 1.76. The SMILES string of the molecule is COc1cccc(COc2cccc3c2CCC3N)c1. The summed E-state index contributed by atoms with van der Waals surface area (Å²) in [4.78, 5) is 0.